The van der Waals surface area contributed by atoms with Crippen molar-refractivity contribution in [1.29, 1.82) is 0 Å². The Morgan fingerprint density at radius 1 is 1.31 bits per heavy atom. The molecule has 142 valence electrons. The average molecular weight is 420 g/mol. The molecular weight excluding hydrogens is 402 g/mol. The Bertz CT molecular complexity index is 933. The highest BCUT2D eigenvalue weighted by Crippen LogP contribution is 2.47. The van der Waals surface area contributed by atoms with Crippen molar-refractivity contribution in [3.63, 3.8) is 0 Å². The summed E-state index contributed by atoms with van der Waals surface area (Å²) in [6, 6.07) is 0. The van der Waals surface area contributed by atoms with Gasteiger partial charge < -0.3 is 0 Å². The molecule has 1 fully saturated rings. The molecule has 2 aliphatic heterocycles. The number of β-lactam (4-membered cyclic amide) rings is 1. The second-order valence-corrected chi connectivity index (χ2v) is 11.2. The Labute approximate surface area is 160 Å². The van der Waals surface area contributed by atoms with Gasteiger partial charge in [-0.3, -0.25) is 14.5 Å². The van der Waals surface area contributed by atoms with E-state index < -0.39 is 36.5 Å². The normalized spacial score (nSPS) is 28.0. The summed E-state index contributed by atoms with van der Waals surface area (Å²) in [5.74, 6) is -0.885. The summed E-state index contributed by atoms with van der Waals surface area (Å²) >= 11 is 6.93. The molecule has 0 N–H and O–H groups in total. The molecule has 0 spiro atoms. The minimum absolute atomic E-state index is 0.104. The van der Waals surface area contributed by atoms with Gasteiger partial charge in [-0.1, -0.05) is 32.5 Å². The number of carbonyl (C=O) groups excluding carboxylic acids is 2. The topological polar surface area (TPSA) is 115 Å². The summed E-state index contributed by atoms with van der Waals surface area (Å²) in [6.07, 6.45) is 0. The van der Waals surface area contributed by atoms with Crippen LogP contribution in [0.15, 0.2) is 16.4 Å². The number of rotatable bonds is 3. The van der Waals surface area contributed by atoms with E-state index in [-0.39, 0.29) is 22.2 Å². The van der Waals surface area contributed by atoms with Crippen LogP contribution in [0, 0.1) is 5.41 Å². The van der Waals surface area contributed by atoms with Crippen molar-refractivity contribution in [1.82, 2.24) is 25.1 Å². The molecule has 0 saturated carbocycles. The van der Waals surface area contributed by atoms with Crippen molar-refractivity contribution in [2.45, 2.75) is 48.2 Å². The van der Waals surface area contributed by atoms with Crippen LogP contribution >= 0.6 is 23.4 Å². The number of hydrogen-bond donors (Lipinski definition) is 0. The summed E-state index contributed by atoms with van der Waals surface area (Å²) in [5, 5.41) is 8.80. The summed E-state index contributed by atoms with van der Waals surface area (Å²) in [6.45, 7) is 6.68. The van der Waals surface area contributed by atoms with Gasteiger partial charge in [0.05, 0.1) is 5.70 Å². The fourth-order valence-electron chi connectivity index (χ4n) is 2.87. The van der Waals surface area contributed by atoms with Crippen molar-refractivity contribution in [3.05, 3.63) is 11.3 Å². The van der Waals surface area contributed by atoms with Gasteiger partial charge in [-0.2, -0.15) is 0 Å². The van der Waals surface area contributed by atoms with Gasteiger partial charge in [-0.25, -0.2) is 13.1 Å². The lowest BCUT2D eigenvalue weighted by molar-refractivity contribution is -0.142. The van der Waals surface area contributed by atoms with E-state index in [9.17, 15) is 18.0 Å². The van der Waals surface area contributed by atoms with Crippen molar-refractivity contribution >= 4 is 44.9 Å². The summed E-state index contributed by atoms with van der Waals surface area (Å²) in [4.78, 5) is 26.2. The lowest BCUT2D eigenvalue weighted by Gasteiger charge is -2.49. The first-order chi connectivity index (χ1) is 11.9. The van der Waals surface area contributed by atoms with Gasteiger partial charge >= 0.3 is 0 Å². The maximum atomic E-state index is 13.1. The Hall–Kier alpha value is -1.46. The third kappa shape index (κ3) is 2.67. The van der Waals surface area contributed by atoms with Crippen LogP contribution in [0.4, 0.5) is 0 Å². The summed E-state index contributed by atoms with van der Waals surface area (Å²) < 4.78 is 26.4. The number of halogens is 1. The van der Waals surface area contributed by atoms with Crippen molar-refractivity contribution in [2.24, 2.45) is 12.5 Å². The molecule has 1 saturated heterocycles. The van der Waals surface area contributed by atoms with Crippen LogP contribution in [0.1, 0.15) is 27.7 Å². The van der Waals surface area contributed by atoms with Gasteiger partial charge in [-0.15, -0.1) is 16.7 Å². The molecule has 1 amide bonds. The Morgan fingerprint density at radius 3 is 2.42 bits per heavy atom. The van der Waals surface area contributed by atoms with Crippen LogP contribution in [0.3, 0.4) is 0 Å². The number of hydrogen-bond acceptors (Lipinski definition) is 8. The highest BCUT2D eigenvalue weighted by atomic mass is 35.5. The fourth-order valence-corrected chi connectivity index (χ4v) is 7.22. The van der Waals surface area contributed by atoms with E-state index in [1.165, 1.54) is 4.68 Å². The number of fused-ring (bicyclic) bond motifs is 1. The first-order valence-electron chi connectivity index (χ1n) is 7.73. The smallest absolute Gasteiger partial charge is 0.249 e. The second-order valence-electron chi connectivity index (χ2n) is 7.24. The number of carbonyl (C=O) groups is 2. The fraction of sp³-hybridized carbons (Fsp3) is 0.643. The number of tetrazole rings is 1. The number of alkyl halides is 1. The predicted molar refractivity (Wildman–Crippen MR) is 94.8 cm³/mol. The zero-order valence-electron chi connectivity index (χ0n) is 14.8. The molecular formula is C14H18ClN5O4S2. The van der Waals surface area contributed by atoms with E-state index in [4.69, 9.17) is 11.6 Å². The van der Waals surface area contributed by atoms with Gasteiger partial charge in [-0.05, 0) is 22.9 Å². The first kappa shape index (κ1) is 19.3. The maximum absolute atomic E-state index is 13.1. The third-order valence-corrected chi connectivity index (χ3v) is 9.17. The zero-order valence-corrected chi connectivity index (χ0v) is 17.2. The van der Waals surface area contributed by atoms with E-state index in [2.05, 4.69) is 15.5 Å². The molecule has 0 bridgehead atoms. The first-order valence-corrected chi connectivity index (χ1v) is 10.7. The molecule has 2 aliphatic rings. The lowest BCUT2D eigenvalue weighted by atomic mass is 9.86. The molecule has 9 nitrogen and oxygen atoms in total. The van der Waals surface area contributed by atoms with E-state index in [0.717, 1.165) is 16.7 Å². The number of aromatic nitrogens is 4. The van der Waals surface area contributed by atoms with Crippen molar-refractivity contribution < 1.29 is 18.0 Å². The molecule has 3 rings (SSSR count). The monoisotopic (exact) mass is 419 g/mol. The zero-order chi connectivity index (χ0) is 19.6. The lowest BCUT2D eigenvalue weighted by Crippen LogP contribution is -2.69. The SMILES string of the molecule is CC1=C(C(=O)C(C)(C)C)N2C(=O)[C@H](Cl)[C@H]2S(=O)(=O)[C@@H]1Sc1nnnn1C. The van der Waals surface area contributed by atoms with Crippen LogP contribution in [0.2, 0.25) is 0 Å². The molecule has 0 radical (unpaired) electrons. The number of thioether (sulfide) groups is 1. The third-order valence-electron chi connectivity index (χ3n) is 4.27. The molecule has 12 heteroatoms. The van der Waals surface area contributed by atoms with Crippen LogP contribution < -0.4 is 0 Å². The van der Waals surface area contributed by atoms with Gasteiger partial charge in [0.25, 0.3) is 0 Å². The second kappa shape index (κ2) is 6.03. The van der Waals surface area contributed by atoms with E-state index in [0.29, 0.717) is 0 Å². The van der Waals surface area contributed by atoms with E-state index in [1.54, 1.807) is 34.7 Å². The Kier molecular flexibility index (Phi) is 4.48. The Morgan fingerprint density at radius 2 is 1.92 bits per heavy atom. The molecule has 3 atom stereocenters. The van der Waals surface area contributed by atoms with E-state index >= 15 is 0 Å². The number of sulfone groups is 1. The molecule has 1 aromatic heterocycles. The van der Waals surface area contributed by atoms with Gasteiger partial charge in [0, 0.05) is 12.5 Å². The standard InChI is InChI=1S/C14H18ClN5O4S2/c1-6-8(9(21)14(2,3)4)20-10(22)7(15)11(20)26(23,24)12(6)25-13-16-17-18-19(13)5/h7,11-12H,1-5H3/t7-,11+,12-/m0/s1. The van der Waals surface area contributed by atoms with E-state index in [1.807, 2.05) is 0 Å². The van der Waals surface area contributed by atoms with Crippen LogP contribution in [0.25, 0.3) is 0 Å². The predicted octanol–water partition coefficient (Wildman–Crippen LogP) is 0.722. The largest absolute Gasteiger partial charge is 0.292 e. The minimum atomic E-state index is -3.88. The summed E-state index contributed by atoms with van der Waals surface area (Å²) in [7, 11) is -2.30. The van der Waals surface area contributed by atoms with Crippen LogP contribution in [-0.4, -0.2) is 60.5 Å². The van der Waals surface area contributed by atoms with Gasteiger partial charge in [0.1, 0.15) is 9.96 Å². The minimum Gasteiger partial charge on any atom is -0.292 e. The molecule has 0 aliphatic carbocycles. The highest BCUT2D eigenvalue weighted by Gasteiger charge is 2.62. The number of aryl methyl sites for hydroxylation is 1. The molecule has 0 unspecified atom stereocenters. The van der Waals surface area contributed by atoms with Crippen molar-refractivity contribution in [2.75, 3.05) is 0 Å². The van der Waals surface area contributed by atoms with Crippen molar-refractivity contribution in [3.8, 4) is 0 Å². The Balaban J connectivity index is 2.17. The number of nitrogens with zero attached hydrogens (tertiary/aromatic N) is 5. The average Bonchev–Trinajstić information content (AvgIpc) is 2.93. The summed E-state index contributed by atoms with van der Waals surface area (Å²) in [5.41, 5.74) is -0.403. The quantitative estimate of drug-likeness (QED) is 0.520. The number of ketones is 1. The van der Waals surface area contributed by atoms with Gasteiger partial charge in [0.15, 0.2) is 21.0 Å². The van der Waals surface area contributed by atoms with Gasteiger partial charge in [0.2, 0.25) is 11.1 Å². The molecule has 3 heterocycles. The van der Waals surface area contributed by atoms with Crippen LogP contribution in [0.5, 0.6) is 0 Å². The number of Topliss-reactive ketones (excluding diaryl/α,β-unsaturated/α-hetero) is 1. The number of allylic oxidation sites excluding steroid dienone is 1. The number of amides is 1. The molecule has 26 heavy (non-hydrogen) atoms. The van der Waals surface area contributed by atoms with Crippen LogP contribution in [-0.2, 0) is 26.5 Å². The molecule has 0 aromatic carbocycles. The highest BCUT2D eigenvalue weighted by molar-refractivity contribution is 8.14. The maximum Gasteiger partial charge on any atom is 0.249 e. The molecule has 1 aromatic rings.